The molecule has 0 radical (unpaired) electrons. The van der Waals surface area contributed by atoms with Gasteiger partial charge in [0.2, 0.25) is 5.91 Å². The lowest BCUT2D eigenvalue weighted by atomic mass is 10.1. The number of thioether (sulfide) groups is 1. The van der Waals surface area contributed by atoms with Gasteiger partial charge >= 0.3 is 0 Å². The van der Waals surface area contributed by atoms with Gasteiger partial charge in [-0.3, -0.25) is 14.5 Å². The highest BCUT2D eigenvalue weighted by Crippen LogP contribution is 2.43. The molecule has 1 aliphatic heterocycles. The minimum absolute atomic E-state index is 0.185. The lowest BCUT2D eigenvalue weighted by Crippen LogP contribution is -2.31. The first-order valence-corrected chi connectivity index (χ1v) is 13.6. The number of aryl methyl sites for hydroxylation is 1. The van der Waals surface area contributed by atoms with Gasteiger partial charge in [-0.2, -0.15) is 10.4 Å². The highest BCUT2D eigenvalue weighted by Gasteiger charge is 2.41. The van der Waals surface area contributed by atoms with Crippen LogP contribution in [0, 0.1) is 18.3 Å². The molecular weight excluding hydrogens is 553 g/mol. The quantitative estimate of drug-likeness (QED) is 0.208. The Hall–Kier alpha value is -4.03. The summed E-state index contributed by atoms with van der Waals surface area (Å²) in [6.07, 6.45) is 0.274. The average Bonchev–Trinajstić information content (AvgIpc) is 3.46. The number of halogens is 2. The summed E-state index contributed by atoms with van der Waals surface area (Å²) in [6.45, 7) is 1.81. The fourth-order valence-corrected chi connectivity index (χ4v) is 5.93. The highest BCUT2D eigenvalue weighted by molar-refractivity contribution is 8.05. The third-order valence-corrected chi connectivity index (χ3v) is 8.15. The third kappa shape index (κ3) is 5.43. The number of carbonyl (C=O) groups excluding carboxylic acids is 2. The van der Waals surface area contributed by atoms with Crippen LogP contribution in [0.25, 0.3) is 5.69 Å². The maximum atomic E-state index is 13.7. The molecule has 1 N–H and O–H groups in total. The number of carbonyl (C=O) groups is 2. The van der Waals surface area contributed by atoms with Crippen LogP contribution in [0.2, 0.25) is 10.0 Å². The van der Waals surface area contributed by atoms with E-state index in [4.69, 9.17) is 23.2 Å². The van der Waals surface area contributed by atoms with Crippen molar-refractivity contribution < 1.29 is 9.59 Å². The number of rotatable bonds is 6. The molecular formula is C29H21Cl2N5O2S. The fraction of sp³-hybridized carbons (Fsp3) is 0.103. The molecule has 3 aromatic carbocycles. The summed E-state index contributed by atoms with van der Waals surface area (Å²) in [6, 6.07) is 27.3. The molecule has 0 saturated carbocycles. The summed E-state index contributed by atoms with van der Waals surface area (Å²) in [7, 11) is 0. The summed E-state index contributed by atoms with van der Waals surface area (Å²) >= 11 is 13.8. The Labute approximate surface area is 239 Å². The van der Waals surface area contributed by atoms with E-state index in [1.165, 1.54) is 4.90 Å². The van der Waals surface area contributed by atoms with Gasteiger partial charge in [0.25, 0.3) is 5.91 Å². The summed E-state index contributed by atoms with van der Waals surface area (Å²) in [5, 5.41) is 17.8. The molecule has 0 unspecified atom stereocenters. The molecule has 0 bridgehead atoms. The predicted octanol–water partition coefficient (Wildman–Crippen LogP) is 6.55. The van der Waals surface area contributed by atoms with E-state index in [9.17, 15) is 14.9 Å². The second kappa shape index (κ2) is 11.4. The van der Waals surface area contributed by atoms with Gasteiger partial charge in [0.05, 0.1) is 26.7 Å². The number of para-hydroxylation sites is 2. The zero-order valence-electron chi connectivity index (χ0n) is 20.6. The zero-order chi connectivity index (χ0) is 27.5. The number of nitrogens with one attached hydrogen (secondary N) is 1. The van der Waals surface area contributed by atoms with Crippen molar-refractivity contribution in [3.63, 3.8) is 0 Å². The van der Waals surface area contributed by atoms with Gasteiger partial charge in [-0.15, -0.1) is 0 Å². The summed E-state index contributed by atoms with van der Waals surface area (Å²) in [5.41, 5.74) is 2.51. The maximum absolute atomic E-state index is 13.7. The van der Waals surface area contributed by atoms with Crippen molar-refractivity contribution >= 4 is 58.3 Å². The van der Waals surface area contributed by atoms with E-state index in [1.54, 1.807) is 47.1 Å². The number of amides is 2. The van der Waals surface area contributed by atoms with Crippen LogP contribution in [0.4, 0.5) is 11.5 Å². The van der Waals surface area contributed by atoms with Crippen molar-refractivity contribution in [1.82, 2.24) is 9.78 Å². The molecule has 0 aliphatic carbocycles. The number of nitrogens with zero attached hydrogens (tertiary/aromatic N) is 4. The normalized spacial score (nSPS) is 16.2. The van der Waals surface area contributed by atoms with E-state index in [-0.39, 0.29) is 22.9 Å². The number of hydrogen-bond donors (Lipinski definition) is 1. The molecule has 2 amide bonds. The van der Waals surface area contributed by atoms with Crippen LogP contribution in [0.5, 0.6) is 0 Å². The molecule has 1 atom stereocenters. The van der Waals surface area contributed by atoms with Crippen LogP contribution in [-0.2, 0) is 16.0 Å². The number of nitriles is 1. The number of hydrogen-bond acceptors (Lipinski definition) is 5. The first kappa shape index (κ1) is 26.6. The molecule has 5 rings (SSSR count). The van der Waals surface area contributed by atoms with Gasteiger partial charge < -0.3 is 5.32 Å². The third-order valence-electron chi connectivity index (χ3n) is 6.03. The zero-order valence-corrected chi connectivity index (χ0v) is 23.0. The van der Waals surface area contributed by atoms with Crippen LogP contribution in [0.3, 0.4) is 0 Å². The van der Waals surface area contributed by atoms with Crippen LogP contribution in [0.1, 0.15) is 11.3 Å². The Morgan fingerprint density at radius 2 is 1.69 bits per heavy atom. The lowest BCUT2D eigenvalue weighted by molar-refractivity contribution is -0.117. The van der Waals surface area contributed by atoms with E-state index in [0.717, 1.165) is 17.4 Å². The molecule has 1 fully saturated rings. The van der Waals surface area contributed by atoms with Crippen molar-refractivity contribution in [3.05, 3.63) is 117 Å². The predicted molar refractivity (Wildman–Crippen MR) is 155 cm³/mol. The van der Waals surface area contributed by atoms with Gasteiger partial charge in [-0.25, -0.2) is 4.68 Å². The molecule has 0 spiro atoms. The van der Waals surface area contributed by atoms with Crippen molar-refractivity contribution in [2.75, 3.05) is 10.2 Å². The van der Waals surface area contributed by atoms with E-state index in [1.807, 2.05) is 55.5 Å². The Bertz CT molecular complexity index is 1630. The summed E-state index contributed by atoms with van der Waals surface area (Å²) in [4.78, 5) is 28.7. The number of anilines is 2. The van der Waals surface area contributed by atoms with Gasteiger partial charge in [0.15, 0.2) is 0 Å². The molecule has 2 heterocycles. The van der Waals surface area contributed by atoms with E-state index in [0.29, 0.717) is 32.8 Å². The molecule has 1 saturated heterocycles. The standard InChI is InChI=1S/C29H21Cl2N5O2S/c1-18-15-25(36(34-18)21-12-6-3-7-13-21)33-27(37)22(17-32)29-35(20-10-4-2-5-11-20)28(38)24(39-29)16-19-9-8-14-23(30)26(19)31/h2-15,24H,16H2,1H3,(H,33,37)/b29-22-/t24-/m0/s1. The molecule has 1 aromatic heterocycles. The van der Waals surface area contributed by atoms with E-state index < -0.39 is 11.2 Å². The number of aromatic nitrogens is 2. The minimum Gasteiger partial charge on any atom is -0.306 e. The van der Waals surface area contributed by atoms with Crippen LogP contribution in [-0.4, -0.2) is 26.8 Å². The molecule has 1 aliphatic rings. The molecule has 10 heteroatoms. The maximum Gasteiger partial charge on any atom is 0.270 e. The minimum atomic E-state index is -0.646. The van der Waals surface area contributed by atoms with Crippen LogP contribution >= 0.6 is 35.0 Å². The Balaban J connectivity index is 1.53. The summed E-state index contributed by atoms with van der Waals surface area (Å²) < 4.78 is 1.60. The van der Waals surface area contributed by atoms with Crippen LogP contribution in [0.15, 0.2) is 95.5 Å². The lowest BCUT2D eigenvalue weighted by Gasteiger charge is -2.18. The second-order valence-corrected chi connectivity index (χ2v) is 10.7. The molecule has 7 nitrogen and oxygen atoms in total. The molecule has 39 heavy (non-hydrogen) atoms. The molecule has 4 aromatic rings. The van der Waals surface area contributed by atoms with Crippen LogP contribution < -0.4 is 10.2 Å². The number of benzene rings is 3. The topological polar surface area (TPSA) is 91.0 Å². The van der Waals surface area contributed by atoms with E-state index >= 15 is 0 Å². The first-order chi connectivity index (χ1) is 18.9. The van der Waals surface area contributed by atoms with Gasteiger partial charge in [-0.05, 0) is 49.2 Å². The van der Waals surface area contributed by atoms with E-state index in [2.05, 4.69) is 10.4 Å². The molecule has 194 valence electrons. The van der Waals surface area contributed by atoms with Crippen molar-refractivity contribution in [1.29, 1.82) is 5.26 Å². The van der Waals surface area contributed by atoms with Gasteiger partial charge in [-0.1, -0.05) is 83.5 Å². The Morgan fingerprint density at radius 1 is 1.03 bits per heavy atom. The van der Waals surface area contributed by atoms with Crippen molar-refractivity contribution in [3.8, 4) is 11.8 Å². The Kier molecular flexibility index (Phi) is 7.75. The smallest absolute Gasteiger partial charge is 0.270 e. The SMILES string of the molecule is Cc1cc(NC(=O)/C(C#N)=C2\S[C@@H](Cc3cccc(Cl)c3Cl)C(=O)N2c2ccccc2)n(-c2ccccc2)n1. The monoisotopic (exact) mass is 573 g/mol. The summed E-state index contributed by atoms with van der Waals surface area (Å²) in [5.74, 6) is -0.505. The first-order valence-electron chi connectivity index (χ1n) is 11.9. The highest BCUT2D eigenvalue weighted by atomic mass is 35.5. The van der Waals surface area contributed by atoms with Crippen molar-refractivity contribution in [2.24, 2.45) is 0 Å². The average molecular weight is 574 g/mol. The Morgan fingerprint density at radius 3 is 2.36 bits per heavy atom. The van der Waals surface area contributed by atoms with Crippen molar-refractivity contribution in [2.45, 2.75) is 18.6 Å². The second-order valence-electron chi connectivity index (χ2n) is 8.70. The largest absolute Gasteiger partial charge is 0.306 e. The van der Waals surface area contributed by atoms with Gasteiger partial charge in [0.1, 0.15) is 22.5 Å². The fourth-order valence-electron chi connectivity index (χ4n) is 4.24. The van der Waals surface area contributed by atoms with Gasteiger partial charge in [0, 0.05) is 11.8 Å².